The van der Waals surface area contributed by atoms with Crippen LogP contribution in [0, 0.1) is 24.5 Å². The highest BCUT2D eigenvalue weighted by atomic mass is 19.1. The summed E-state index contributed by atoms with van der Waals surface area (Å²) in [6.07, 6.45) is 5.05. The molecule has 2 fully saturated rings. The Bertz CT molecular complexity index is 1160. The predicted molar refractivity (Wildman–Crippen MR) is 114 cm³/mol. The molecule has 1 saturated carbocycles. The zero-order chi connectivity index (χ0) is 21.5. The van der Waals surface area contributed by atoms with Crippen LogP contribution in [0.1, 0.15) is 41.7 Å². The molecule has 5 rings (SSSR count). The number of Topliss-reactive ketones (excluding diaryl/α,β-unsaturated/α-hetero) is 1. The number of rotatable bonds is 5. The van der Waals surface area contributed by atoms with Crippen LogP contribution in [0.25, 0.3) is 11.0 Å². The van der Waals surface area contributed by atoms with Gasteiger partial charge in [-0.3, -0.25) is 9.78 Å². The second-order valence-corrected chi connectivity index (χ2v) is 8.38. The number of carbonyl (C=O) groups is 1. The summed E-state index contributed by atoms with van der Waals surface area (Å²) in [5, 5.41) is 3.47. The third-order valence-electron chi connectivity index (χ3n) is 5.95. The second kappa shape index (κ2) is 7.83. The summed E-state index contributed by atoms with van der Waals surface area (Å²) in [4.78, 5) is 28.8. The van der Waals surface area contributed by atoms with Crippen molar-refractivity contribution in [3.05, 3.63) is 53.4 Å². The minimum Gasteiger partial charge on any atom is -0.364 e. The van der Waals surface area contributed by atoms with E-state index in [0.29, 0.717) is 32.0 Å². The molecule has 6 nitrogen and oxygen atoms in total. The number of hydrogen-bond donors (Lipinski definition) is 1. The number of hydrogen-bond acceptors (Lipinski definition) is 6. The molecule has 0 unspecified atom stereocenters. The van der Waals surface area contributed by atoms with E-state index in [9.17, 15) is 13.6 Å². The molecule has 1 aliphatic carbocycles. The monoisotopic (exact) mass is 423 g/mol. The average molecular weight is 423 g/mol. The quantitative estimate of drug-likeness (QED) is 0.618. The van der Waals surface area contributed by atoms with Crippen molar-refractivity contribution in [2.24, 2.45) is 5.92 Å². The molecule has 1 aliphatic heterocycles. The number of carbonyl (C=O) groups excluding carboxylic acids is 1. The summed E-state index contributed by atoms with van der Waals surface area (Å²) in [5.74, 6) is -0.446. The molecule has 0 radical (unpaired) electrons. The van der Waals surface area contributed by atoms with Crippen LogP contribution in [0.15, 0.2) is 30.5 Å². The molecule has 0 bridgehead atoms. The summed E-state index contributed by atoms with van der Waals surface area (Å²) in [6, 6.07) is 5.36. The normalized spacial score (nSPS) is 17.2. The lowest BCUT2D eigenvalue weighted by molar-refractivity contribution is 0.0895. The van der Waals surface area contributed by atoms with E-state index in [1.54, 1.807) is 6.20 Å². The molecule has 0 spiro atoms. The largest absolute Gasteiger partial charge is 0.364 e. The van der Waals surface area contributed by atoms with Crippen LogP contribution in [0.2, 0.25) is 0 Å². The van der Waals surface area contributed by atoms with Crippen LogP contribution in [0.4, 0.5) is 20.4 Å². The number of benzene rings is 1. The van der Waals surface area contributed by atoms with Gasteiger partial charge in [0.25, 0.3) is 0 Å². The van der Waals surface area contributed by atoms with Gasteiger partial charge in [-0.05, 0) is 56.9 Å². The Hall–Kier alpha value is -3.16. The van der Waals surface area contributed by atoms with Gasteiger partial charge in [0, 0.05) is 30.7 Å². The Morgan fingerprint density at radius 3 is 2.58 bits per heavy atom. The number of aryl methyl sites for hydroxylation is 1. The van der Waals surface area contributed by atoms with E-state index in [0.717, 1.165) is 59.4 Å². The highest BCUT2D eigenvalue weighted by Crippen LogP contribution is 2.33. The first-order valence-electron chi connectivity index (χ1n) is 10.6. The Morgan fingerprint density at radius 1 is 1.06 bits per heavy atom. The molecule has 3 heterocycles. The first kappa shape index (κ1) is 19.8. The SMILES string of the molecule is Cc1cc2nc(NC3CC3)c(N3CCC(C(=O)c4cc(F)ccc4F)CC3)nc2cn1. The van der Waals surface area contributed by atoms with E-state index in [4.69, 9.17) is 9.97 Å². The topological polar surface area (TPSA) is 71.0 Å². The molecule has 0 amide bonds. The van der Waals surface area contributed by atoms with Gasteiger partial charge in [-0.15, -0.1) is 0 Å². The fraction of sp³-hybridized carbons (Fsp3) is 0.391. The van der Waals surface area contributed by atoms with Gasteiger partial charge >= 0.3 is 0 Å². The standard InChI is InChI=1S/C23H23F2N5O/c1-13-10-19-20(12-26-13)29-23(22(28-19)27-16-3-4-16)30-8-6-14(7-9-30)21(31)17-11-15(24)2-5-18(17)25/h2,5,10-12,14,16H,3-4,6-9H2,1H3,(H,27,28). The second-order valence-electron chi connectivity index (χ2n) is 8.38. The third-order valence-corrected chi connectivity index (χ3v) is 5.95. The van der Waals surface area contributed by atoms with Crippen molar-refractivity contribution in [1.82, 2.24) is 15.0 Å². The van der Waals surface area contributed by atoms with Gasteiger partial charge in [0.2, 0.25) is 0 Å². The Balaban J connectivity index is 1.37. The van der Waals surface area contributed by atoms with E-state index < -0.39 is 11.6 Å². The molecule has 1 aromatic carbocycles. The fourth-order valence-electron chi connectivity index (χ4n) is 4.05. The van der Waals surface area contributed by atoms with E-state index in [1.165, 1.54) is 0 Å². The van der Waals surface area contributed by atoms with Crippen molar-refractivity contribution in [2.45, 2.75) is 38.6 Å². The average Bonchev–Trinajstić information content (AvgIpc) is 3.59. The number of nitrogens with zero attached hydrogens (tertiary/aromatic N) is 4. The van der Waals surface area contributed by atoms with Crippen LogP contribution in [0.5, 0.6) is 0 Å². The van der Waals surface area contributed by atoms with Crippen molar-refractivity contribution in [3.63, 3.8) is 0 Å². The lowest BCUT2D eigenvalue weighted by Gasteiger charge is -2.33. The van der Waals surface area contributed by atoms with Gasteiger partial charge in [-0.25, -0.2) is 18.7 Å². The summed E-state index contributed by atoms with van der Waals surface area (Å²) >= 11 is 0. The zero-order valence-electron chi connectivity index (χ0n) is 17.2. The predicted octanol–water partition coefficient (Wildman–Crippen LogP) is 4.29. The molecule has 0 atom stereocenters. The Kier molecular flexibility index (Phi) is 5.00. The van der Waals surface area contributed by atoms with E-state index in [1.807, 2.05) is 13.0 Å². The van der Waals surface area contributed by atoms with Crippen molar-refractivity contribution in [3.8, 4) is 0 Å². The zero-order valence-corrected chi connectivity index (χ0v) is 17.2. The van der Waals surface area contributed by atoms with E-state index >= 15 is 0 Å². The molecule has 1 saturated heterocycles. The van der Waals surface area contributed by atoms with Gasteiger partial charge in [0.1, 0.15) is 17.2 Å². The smallest absolute Gasteiger partial charge is 0.172 e. The highest BCUT2D eigenvalue weighted by Gasteiger charge is 2.31. The van der Waals surface area contributed by atoms with Gasteiger partial charge in [0.05, 0.1) is 17.3 Å². The Morgan fingerprint density at radius 2 is 1.84 bits per heavy atom. The maximum atomic E-state index is 14.0. The number of piperidine rings is 1. The molecule has 31 heavy (non-hydrogen) atoms. The van der Waals surface area contributed by atoms with Crippen LogP contribution >= 0.6 is 0 Å². The van der Waals surface area contributed by atoms with Crippen molar-refractivity contribution >= 4 is 28.5 Å². The minimum absolute atomic E-state index is 0.165. The van der Waals surface area contributed by atoms with Crippen LogP contribution < -0.4 is 10.2 Å². The van der Waals surface area contributed by atoms with Crippen LogP contribution in [0.3, 0.4) is 0 Å². The first-order valence-corrected chi connectivity index (χ1v) is 10.6. The number of anilines is 2. The molecular formula is C23H23F2N5O. The minimum atomic E-state index is -0.673. The van der Waals surface area contributed by atoms with E-state index in [2.05, 4.69) is 15.2 Å². The maximum Gasteiger partial charge on any atom is 0.172 e. The molecule has 8 heteroatoms. The van der Waals surface area contributed by atoms with E-state index in [-0.39, 0.29) is 17.3 Å². The van der Waals surface area contributed by atoms with Gasteiger partial charge in [-0.1, -0.05) is 0 Å². The first-order chi connectivity index (χ1) is 15.0. The number of pyridine rings is 1. The molecule has 2 aromatic heterocycles. The van der Waals surface area contributed by atoms with Crippen LogP contribution in [-0.2, 0) is 0 Å². The molecular weight excluding hydrogens is 400 g/mol. The van der Waals surface area contributed by atoms with Crippen molar-refractivity contribution in [1.29, 1.82) is 0 Å². The molecule has 1 N–H and O–H groups in total. The highest BCUT2D eigenvalue weighted by molar-refractivity contribution is 5.98. The number of fused-ring (bicyclic) bond motifs is 1. The van der Waals surface area contributed by atoms with Gasteiger partial charge < -0.3 is 10.2 Å². The fourth-order valence-corrected chi connectivity index (χ4v) is 4.05. The third kappa shape index (κ3) is 4.06. The number of aromatic nitrogens is 3. The van der Waals surface area contributed by atoms with Crippen LogP contribution in [-0.4, -0.2) is 39.9 Å². The number of halogens is 2. The van der Waals surface area contributed by atoms with Gasteiger partial charge in [0.15, 0.2) is 17.4 Å². The molecule has 160 valence electrons. The Labute approximate surface area is 178 Å². The van der Waals surface area contributed by atoms with Gasteiger partial charge in [-0.2, -0.15) is 0 Å². The maximum absolute atomic E-state index is 14.0. The lowest BCUT2D eigenvalue weighted by Crippen LogP contribution is -2.37. The summed E-state index contributed by atoms with van der Waals surface area (Å²) < 4.78 is 27.6. The number of nitrogens with one attached hydrogen (secondary N) is 1. The molecule has 2 aliphatic rings. The summed E-state index contributed by atoms with van der Waals surface area (Å²) in [6.45, 7) is 3.10. The molecule has 3 aromatic rings. The number of ketones is 1. The summed E-state index contributed by atoms with van der Waals surface area (Å²) in [7, 11) is 0. The van der Waals surface area contributed by atoms with Crippen molar-refractivity contribution < 1.29 is 13.6 Å². The van der Waals surface area contributed by atoms with Crippen molar-refractivity contribution in [2.75, 3.05) is 23.3 Å². The lowest BCUT2D eigenvalue weighted by atomic mass is 9.88. The summed E-state index contributed by atoms with van der Waals surface area (Å²) in [5.41, 5.74) is 2.24.